The third-order valence-electron chi connectivity index (χ3n) is 4.50. The molecule has 2 aliphatic rings. The van der Waals surface area contributed by atoms with Crippen molar-refractivity contribution in [2.24, 2.45) is 0 Å². The first-order valence-electron chi connectivity index (χ1n) is 7.51. The highest BCUT2D eigenvalue weighted by Gasteiger charge is 2.31. The Kier molecular flexibility index (Phi) is 4.51. The lowest BCUT2D eigenvalue weighted by Gasteiger charge is -2.43. The highest BCUT2D eigenvalue weighted by atomic mass is 16.5. The normalized spacial score (nSPS) is 27.0. The van der Waals surface area contributed by atoms with E-state index in [0.29, 0.717) is 12.5 Å². The van der Waals surface area contributed by atoms with E-state index in [-0.39, 0.29) is 17.6 Å². The van der Waals surface area contributed by atoms with E-state index in [1.165, 1.54) is 25.9 Å². The average Bonchev–Trinajstić information content (AvgIpc) is 2.74. The molecular weight excluding hydrogens is 240 g/mol. The van der Waals surface area contributed by atoms with Crippen molar-refractivity contribution in [1.82, 2.24) is 9.80 Å². The van der Waals surface area contributed by atoms with Crippen molar-refractivity contribution in [2.45, 2.75) is 64.1 Å². The smallest absolute Gasteiger partial charge is 0.306 e. The Morgan fingerprint density at radius 1 is 1.26 bits per heavy atom. The molecule has 2 aliphatic heterocycles. The lowest BCUT2D eigenvalue weighted by Crippen LogP contribution is -2.51. The predicted molar refractivity (Wildman–Crippen MR) is 76.1 cm³/mol. The van der Waals surface area contributed by atoms with Gasteiger partial charge in [-0.15, -0.1) is 0 Å². The van der Waals surface area contributed by atoms with Gasteiger partial charge < -0.3 is 4.74 Å². The molecule has 0 aromatic heterocycles. The van der Waals surface area contributed by atoms with Gasteiger partial charge in [0.15, 0.2) is 0 Å². The van der Waals surface area contributed by atoms with Gasteiger partial charge in [0.2, 0.25) is 0 Å². The van der Waals surface area contributed by atoms with Crippen LogP contribution in [0.3, 0.4) is 0 Å². The van der Waals surface area contributed by atoms with Crippen molar-refractivity contribution in [3.05, 3.63) is 0 Å². The molecule has 0 radical (unpaired) electrons. The van der Waals surface area contributed by atoms with E-state index in [1.807, 2.05) is 0 Å². The zero-order chi connectivity index (χ0) is 14.0. The Balaban J connectivity index is 1.76. The number of carbonyl (C=O) groups excluding carboxylic acids is 1. The summed E-state index contributed by atoms with van der Waals surface area (Å²) in [5.41, 5.74) is 0.282. The topological polar surface area (TPSA) is 32.8 Å². The van der Waals surface area contributed by atoms with Crippen molar-refractivity contribution in [2.75, 3.05) is 26.7 Å². The highest BCUT2D eigenvalue weighted by molar-refractivity contribution is 5.71. The molecule has 110 valence electrons. The second kappa shape index (κ2) is 5.80. The maximum atomic E-state index is 11.1. The highest BCUT2D eigenvalue weighted by Crippen LogP contribution is 2.23. The van der Waals surface area contributed by atoms with Crippen LogP contribution in [0, 0.1) is 0 Å². The second-order valence-corrected chi connectivity index (χ2v) is 6.98. The van der Waals surface area contributed by atoms with Crippen molar-refractivity contribution in [1.29, 1.82) is 0 Å². The number of esters is 1. The second-order valence-electron chi connectivity index (χ2n) is 6.98. The van der Waals surface area contributed by atoms with Crippen molar-refractivity contribution >= 4 is 5.97 Å². The van der Waals surface area contributed by atoms with E-state index < -0.39 is 0 Å². The van der Waals surface area contributed by atoms with Crippen LogP contribution in [-0.2, 0) is 9.53 Å². The summed E-state index contributed by atoms with van der Waals surface area (Å²) < 4.78 is 5.31. The number of carbonyl (C=O) groups is 1. The first-order chi connectivity index (χ1) is 8.86. The number of piperidine rings is 1. The Hall–Kier alpha value is -0.610. The lowest BCUT2D eigenvalue weighted by atomic mass is 9.97. The van der Waals surface area contributed by atoms with Gasteiger partial charge in [-0.2, -0.15) is 0 Å². The number of hydrogen-bond donors (Lipinski definition) is 0. The summed E-state index contributed by atoms with van der Waals surface area (Å²) in [6, 6.07) is 0.637. The zero-order valence-electron chi connectivity index (χ0n) is 12.8. The molecule has 0 amide bonds. The fourth-order valence-electron chi connectivity index (χ4n) is 3.16. The van der Waals surface area contributed by atoms with Gasteiger partial charge >= 0.3 is 5.97 Å². The van der Waals surface area contributed by atoms with E-state index in [1.54, 1.807) is 0 Å². The van der Waals surface area contributed by atoms with Crippen LogP contribution in [0.1, 0.15) is 46.5 Å². The minimum absolute atomic E-state index is 0.0269. The van der Waals surface area contributed by atoms with Crippen molar-refractivity contribution < 1.29 is 9.53 Å². The SMILES string of the molecule is CN(CC1CCC(=O)O1)C1CCN(C(C)(C)C)CC1. The van der Waals surface area contributed by atoms with Crippen molar-refractivity contribution in [3.63, 3.8) is 0 Å². The summed E-state index contributed by atoms with van der Waals surface area (Å²) >= 11 is 0. The molecule has 2 saturated heterocycles. The third kappa shape index (κ3) is 3.93. The first kappa shape index (κ1) is 14.8. The number of rotatable bonds is 3. The Bertz CT molecular complexity index is 317. The maximum Gasteiger partial charge on any atom is 0.306 e. The van der Waals surface area contributed by atoms with Crippen LogP contribution in [0.2, 0.25) is 0 Å². The fourth-order valence-corrected chi connectivity index (χ4v) is 3.16. The molecule has 1 atom stereocenters. The number of hydrogen-bond acceptors (Lipinski definition) is 4. The summed E-state index contributed by atoms with van der Waals surface area (Å²) in [6.45, 7) is 10.1. The molecule has 19 heavy (non-hydrogen) atoms. The molecule has 0 N–H and O–H groups in total. The molecule has 4 heteroatoms. The van der Waals surface area contributed by atoms with E-state index in [9.17, 15) is 4.79 Å². The molecule has 0 spiro atoms. The van der Waals surface area contributed by atoms with Gasteiger partial charge in [-0.05, 0) is 47.1 Å². The number of nitrogens with zero attached hydrogens (tertiary/aromatic N) is 2. The first-order valence-corrected chi connectivity index (χ1v) is 7.51. The molecule has 0 aliphatic carbocycles. The molecule has 0 aromatic carbocycles. The Morgan fingerprint density at radius 3 is 2.37 bits per heavy atom. The molecule has 0 bridgehead atoms. The Morgan fingerprint density at radius 2 is 1.89 bits per heavy atom. The van der Waals surface area contributed by atoms with Crippen LogP contribution in [0.25, 0.3) is 0 Å². The molecule has 2 fully saturated rings. The fraction of sp³-hybridized carbons (Fsp3) is 0.933. The van der Waals surface area contributed by atoms with E-state index in [4.69, 9.17) is 4.74 Å². The minimum atomic E-state index is -0.0269. The largest absolute Gasteiger partial charge is 0.461 e. The van der Waals surface area contributed by atoms with Gasteiger partial charge in [-0.1, -0.05) is 0 Å². The monoisotopic (exact) mass is 268 g/mol. The van der Waals surface area contributed by atoms with E-state index in [2.05, 4.69) is 37.6 Å². The van der Waals surface area contributed by atoms with Crippen LogP contribution in [-0.4, -0.2) is 60.1 Å². The van der Waals surface area contributed by atoms with Crippen LogP contribution in [0.5, 0.6) is 0 Å². The molecule has 1 unspecified atom stereocenters. The lowest BCUT2D eigenvalue weighted by molar-refractivity contribution is -0.142. The summed E-state index contributed by atoms with van der Waals surface area (Å²) in [7, 11) is 2.17. The number of ether oxygens (including phenoxy) is 1. The van der Waals surface area contributed by atoms with Crippen LogP contribution >= 0.6 is 0 Å². The average molecular weight is 268 g/mol. The molecule has 0 aromatic rings. The van der Waals surface area contributed by atoms with Gasteiger partial charge in [0.05, 0.1) is 0 Å². The predicted octanol–water partition coefficient (Wildman–Crippen LogP) is 1.89. The quantitative estimate of drug-likeness (QED) is 0.732. The zero-order valence-corrected chi connectivity index (χ0v) is 12.8. The molecule has 0 saturated carbocycles. The van der Waals surface area contributed by atoms with Gasteiger partial charge in [-0.3, -0.25) is 14.6 Å². The van der Waals surface area contributed by atoms with Gasteiger partial charge in [-0.25, -0.2) is 0 Å². The van der Waals surface area contributed by atoms with Crippen molar-refractivity contribution in [3.8, 4) is 0 Å². The van der Waals surface area contributed by atoms with Crippen LogP contribution in [0.4, 0.5) is 0 Å². The number of likely N-dealkylation sites (tertiary alicyclic amines) is 1. The number of likely N-dealkylation sites (N-methyl/N-ethyl adjacent to an activating group) is 1. The summed E-state index contributed by atoms with van der Waals surface area (Å²) in [5.74, 6) is -0.0269. The molecule has 2 rings (SSSR count). The minimum Gasteiger partial charge on any atom is -0.461 e. The Labute approximate surface area is 117 Å². The van der Waals surface area contributed by atoms with Crippen LogP contribution < -0.4 is 0 Å². The molecular formula is C15H28N2O2. The van der Waals surface area contributed by atoms with Crippen LogP contribution in [0.15, 0.2) is 0 Å². The maximum absolute atomic E-state index is 11.1. The molecule has 2 heterocycles. The van der Waals surface area contributed by atoms with E-state index in [0.717, 1.165) is 13.0 Å². The van der Waals surface area contributed by atoms with Gasteiger partial charge in [0.1, 0.15) is 6.10 Å². The molecule has 4 nitrogen and oxygen atoms in total. The van der Waals surface area contributed by atoms with Gasteiger partial charge in [0.25, 0.3) is 0 Å². The standard InChI is InChI=1S/C15H28N2O2/c1-15(2,3)17-9-7-12(8-10-17)16(4)11-13-5-6-14(18)19-13/h12-13H,5-11H2,1-4H3. The van der Waals surface area contributed by atoms with Gasteiger partial charge in [0, 0.05) is 37.6 Å². The number of cyclic esters (lactones) is 1. The third-order valence-corrected chi connectivity index (χ3v) is 4.50. The summed E-state index contributed by atoms with van der Waals surface area (Å²) in [4.78, 5) is 16.1. The van der Waals surface area contributed by atoms with E-state index >= 15 is 0 Å². The summed E-state index contributed by atoms with van der Waals surface area (Å²) in [6.07, 6.45) is 4.05. The summed E-state index contributed by atoms with van der Waals surface area (Å²) in [5, 5.41) is 0.